The zero-order valence-electron chi connectivity index (χ0n) is 17.5. The Labute approximate surface area is 176 Å². The van der Waals surface area contributed by atoms with Gasteiger partial charge in [0.2, 0.25) is 17.7 Å². The van der Waals surface area contributed by atoms with Crippen LogP contribution in [0.3, 0.4) is 0 Å². The molecule has 0 radical (unpaired) electrons. The second kappa shape index (κ2) is 11.2. The molecule has 1 atom stereocenters. The van der Waals surface area contributed by atoms with Crippen molar-refractivity contribution in [1.82, 2.24) is 25.8 Å². The van der Waals surface area contributed by atoms with E-state index >= 15 is 0 Å². The molecule has 3 rings (SSSR count). The predicted octanol–water partition coefficient (Wildman–Crippen LogP) is 2.34. The molecular formula is C21H29N7O2. The highest BCUT2D eigenvalue weighted by atomic mass is 16.5. The number of carbonyl (C=O) groups is 1. The lowest BCUT2D eigenvalue weighted by Crippen LogP contribution is -2.40. The zero-order chi connectivity index (χ0) is 21.2. The molecule has 9 heteroatoms. The molecule has 1 amide bonds. The number of carbonyl (C=O) groups excluding carboxylic acids is 1. The summed E-state index contributed by atoms with van der Waals surface area (Å²) in [6.45, 7) is 6.27. The number of aromatic nitrogens is 3. The lowest BCUT2D eigenvalue weighted by Gasteiger charge is -2.10. The van der Waals surface area contributed by atoms with Crippen molar-refractivity contribution in [2.75, 3.05) is 30.3 Å². The molecule has 1 fully saturated rings. The van der Waals surface area contributed by atoms with Crippen LogP contribution in [0.25, 0.3) is 0 Å². The van der Waals surface area contributed by atoms with Gasteiger partial charge in [-0.2, -0.15) is 4.98 Å². The molecule has 9 nitrogen and oxygen atoms in total. The minimum absolute atomic E-state index is 0.0339. The Balaban J connectivity index is 1.53. The number of hydrogen-bond donors (Lipinski definition) is 4. The Kier molecular flexibility index (Phi) is 8.03. The third kappa shape index (κ3) is 6.46. The Hall–Kier alpha value is -3.12. The van der Waals surface area contributed by atoms with Crippen LogP contribution in [0.2, 0.25) is 0 Å². The van der Waals surface area contributed by atoms with E-state index in [0.29, 0.717) is 30.6 Å². The molecule has 2 aromatic heterocycles. The zero-order valence-corrected chi connectivity index (χ0v) is 17.5. The van der Waals surface area contributed by atoms with Crippen molar-refractivity contribution in [1.29, 1.82) is 0 Å². The van der Waals surface area contributed by atoms with E-state index in [1.165, 1.54) is 0 Å². The Bertz CT molecular complexity index is 894. The van der Waals surface area contributed by atoms with Gasteiger partial charge in [0.1, 0.15) is 5.82 Å². The van der Waals surface area contributed by atoms with Crippen LogP contribution in [0.5, 0.6) is 0 Å². The van der Waals surface area contributed by atoms with Gasteiger partial charge in [-0.25, -0.2) is 4.98 Å². The van der Waals surface area contributed by atoms with E-state index < -0.39 is 0 Å². The van der Waals surface area contributed by atoms with Crippen LogP contribution in [0.1, 0.15) is 50.3 Å². The summed E-state index contributed by atoms with van der Waals surface area (Å²) in [7, 11) is 0. The van der Waals surface area contributed by atoms with E-state index in [9.17, 15) is 4.79 Å². The first-order chi connectivity index (χ1) is 14.7. The summed E-state index contributed by atoms with van der Waals surface area (Å²) < 4.78 is 5.15. The molecule has 0 spiro atoms. The van der Waals surface area contributed by atoms with Crippen LogP contribution >= 0.6 is 0 Å². The minimum Gasteiger partial charge on any atom is -0.369 e. The fraction of sp³-hybridized carbons (Fsp3) is 0.524. The van der Waals surface area contributed by atoms with Crippen LogP contribution in [0.15, 0.2) is 16.8 Å². The van der Waals surface area contributed by atoms with Gasteiger partial charge in [0.05, 0.1) is 23.5 Å². The van der Waals surface area contributed by atoms with Gasteiger partial charge in [-0.1, -0.05) is 23.9 Å². The van der Waals surface area contributed by atoms with E-state index in [1.54, 1.807) is 12.3 Å². The summed E-state index contributed by atoms with van der Waals surface area (Å²) >= 11 is 0. The van der Waals surface area contributed by atoms with Gasteiger partial charge < -0.3 is 20.5 Å². The molecule has 4 N–H and O–H groups in total. The third-order valence-corrected chi connectivity index (χ3v) is 4.57. The standard InChI is InChI=1S/C21H29N7O2/c1-3-10-23-19-16(14-25-21(27-19)26-18-13-15(2)28-30-18)8-5-4-6-11-24-20(29)17-9-7-12-22-17/h13-14,17,22H,3-4,6-7,9-12H2,1-2H3,(H,24,29)(H2,23,25,26,27)/t17-/m0/s1. The van der Waals surface area contributed by atoms with E-state index in [2.05, 4.69) is 55.2 Å². The Morgan fingerprint density at radius 1 is 1.40 bits per heavy atom. The minimum atomic E-state index is -0.0339. The van der Waals surface area contributed by atoms with Crippen LogP contribution in [0, 0.1) is 18.8 Å². The average Bonchev–Trinajstić information content (AvgIpc) is 3.42. The SMILES string of the molecule is CCCNc1nc(Nc2cc(C)no2)ncc1C#CCCCNC(=O)[C@@H]1CCCN1. The maximum atomic E-state index is 12.0. The van der Waals surface area contributed by atoms with Gasteiger partial charge in [-0.3, -0.25) is 10.1 Å². The van der Waals surface area contributed by atoms with Gasteiger partial charge in [0, 0.05) is 25.6 Å². The van der Waals surface area contributed by atoms with Crippen molar-refractivity contribution in [2.24, 2.45) is 0 Å². The first-order valence-electron chi connectivity index (χ1n) is 10.5. The number of aryl methyl sites for hydroxylation is 1. The highest BCUT2D eigenvalue weighted by Gasteiger charge is 2.20. The quantitative estimate of drug-likeness (QED) is 0.367. The molecule has 30 heavy (non-hydrogen) atoms. The number of nitrogens with one attached hydrogen (secondary N) is 4. The van der Waals surface area contributed by atoms with Crippen LogP contribution in [0.4, 0.5) is 17.7 Å². The summed E-state index contributed by atoms with van der Waals surface area (Å²) in [6.07, 6.45) is 6.12. The van der Waals surface area contributed by atoms with Gasteiger partial charge in [-0.15, -0.1) is 0 Å². The molecule has 1 aliphatic rings. The van der Waals surface area contributed by atoms with Gasteiger partial charge in [0.15, 0.2) is 0 Å². The number of anilines is 3. The maximum absolute atomic E-state index is 12.0. The number of nitrogens with zero attached hydrogens (tertiary/aromatic N) is 3. The van der Waals surface area contributed by atoms with Crippen molar-refractivity contribution >= 4 is 23.6 Å². The van der Waals surface area contributed by atoms with Crippen molar-refractivity contribution in [3.05, 3.63) is 23.5 Å². The molecule has 0 saturated carbocycles. The summed E-state index contributed by atoms with van der Waals surface area (Å²) in [5, 5.41) is 16.3. The predicted molar refractivity (Wildman–Crippen MR) is 115 cm³/mol. The lowest BCUT2D eigenvalue weighted by molar-refractivity contribution is -0.122. The van der Waals surface area contributed by atoms with E-state index in [4.69, 9.17) is 4.52 Å². The van der Waals surface area contributed by atoms with E-state index in [1.807, 2.05) is 6.92 Å². The summed E-state index contributed by atoms with van der Waals surface area (Å²) in [6, 6.07) is 1.74. The molecular weight excluding hydrogens is 382 g/mol. The second-order valence-corrected chi connectivity index (χ2v) is 7.19. The number of rotatable bonds is 9. The monoisotopic (exact) mass is 411 g/mol. The normalized spacial score (nSPS) is 15.3. The van der Waals surface area contributed by atoms with E-state index in [0.717, 1.165) is 50.0 Å². The summed E-state index contributed by atoms with van der Waals surface area (Å²) in [5.74, 6) is 7.95. The second-order valence-electron chi connectivity index (χ2n) is 7.19. The molecule has 160 valence electrons. The summed E-state index contributed by atoms with van der Waals surface area (Å²) in [5.41, 5.74) is 1.52. The van der Waals surface area contributed by atoms with E-state index in [-0.39, 0.29) is 11.9 Å². The van der Waals surface area contributed by atoms with Crippen LogP contribution < -0.4 is 21.3 Å². The van der Waals surface area contributed by atoms with Crippen molar-refractivity contribution in [3.63, 3.8) is 0 Å². The number of hydrogen-bond acceptors (Lipinski definition) is 8. The molecule has 0 aromatic carbocycles. The van der Waals surface area contributed by atoms with Crippen LogP contribution in [-0.2, 0) is 4.79 Å². The average molecular weight is 412 g/mol. The lowest BCUT2D eigenvalue weighted by atomic mass is 10.2. The number of unbranched alkanes of at least 4 members (excludes halogenated alkanes) is 1. The topological polar surface area (TPSA) is 117 Å². The van der Waals surface area contributed by atoms with Crippen LogP contribution in [-0.4, -0.2) is 46.7 Å². The summed E-state index contributed by atoms with van der Waals surface area (Å²) in [4.78, 5) is 20.8. The Morgan fingerprint density at radius 2 is 2.30 bits per heavy atom. The highest BCUT2D eigenvalue weighted by molar-refractivity contribution is 5.81. The van der Waals surface area contributed by atoms with Gasteiger partial charge in [-0.05, 0) is 39.2 Å². The fourth-order valence-corrected chi connectivity index (χ4v) is 3.02. The molecule has 0 unspecified atom stereocenters. The first kappa shape index (κ1) is 21.6. The van der Waals surface area contributed by atoms with Gasteiger partial charge in [0.25, 0.3) is 0 Å². The largest absolute Gasteiger partial charge is 0.369 e. The first-order valence-corrected chi connectivity index (χ1v) is 10.5. The maximum Gasteiger partial charge on any atom is 0.237 e. The molecule has 3 heterocycles. The molecule has 0 bridgehead atoms. The molecule has 2 aromatic rings. The fourth-order valence-electron chi connectivity index (χ4n) is 3.02. The van der Waals surface area contributed by atoms with Crippen molar-refractivity contribution < 1.29 is 9.32 Å². The molecule has 0 aliphatic carbocycles. The molecule has 1 aliphatic heterocycles. The Morgan fingerprint density at radius 3 is 3.03 bits per heavy atom. The van der Waals surface area contributed by atoms with Crippen molar-refractivity contribution in [3.8, 4) is 11.8 Å². The highest BCUT2D eigenvalue weighted by Crippen LogP contribution is 2.17. The van der Waals surface area contributed by atoms with Gasteiger partial charge >= 0.3 is 0 Å². The smallest absolute Gasteiger partial charge is 0.237 e. The third-order valence-electron chi connectivity index (χ3n) is 4.57. The van der Waals surface area contributed by atoms with Crippen molar-refractivity contribution in [2.45, 2.75) is 52.0 Å². The number of amides is 1. The molecule has 1 saturated heterocycles.